The number of carbonyl (C=O) groups is 1. The molecule has 134 valence electrons. The Morgan fingerprint density at radius 2 is 2.24 bits per heavy atom. The van der Waals surface area contributed by atoms with Gasteiger partial charge in [-0.15, -0.1) is 0 Å². The van der Waals surface area contributed by atoms with E-state index in [0.717, 1.165) is 43.7 Å². The van der Waals surface area contributed by atoms with Gasteiger partial charge in [0.25, 0.3) is 0 Å². The van der Waals surface area contributed by atoms with Crippen LogP contribution in [0.15, 0.2) is 29.3 Å². The molecule has 0 bridgehead atoms. The second-order valence-corrected chi connectivity index (χ2v) is 6.78. The van der Waals surface area contributed by atoms with E-state index in [0.29, 0.717) is 12.4 Å². The van der Waals surface area contributed by atoms with Gasteiger partial charge < -0.3 is 16.0 Å². The normalized spacial score (nSPS) is 20.3. The SMILES string of the molecule is Cc1ccc(C)c(C2=CC(NCCCN3CCCC3=O)NC(N)=N2)c1. The van der Waals surface area contributed by atoms with Gasteiger partial charge in [0, 0.05) is 25.1 Å². The van der Waals surface area contributed by atoms with Gasteiger partial charge in [-0.3, -0.25) is 10.1 Å². The van der Waals surface area contributed by atoms with E-state index < -0.39 is 0 Å². The van der Waals surface area contributed by atoms with Gasteiger partial charge in [-0.05, 0) is 50.9 Å². The zero-order valence-corrected chi connectivity index (χ0v) is 15.0. The molecule has 1 unspecified atom stereocenters. The van der Waals surface area contributed by atoms with Gasteiger partial charge in [0.05, 0.1) is 5.70 Å². The van der Waals surface area contributed by atoms with E-state index >= 15 is 0 Å². The molecule has 1 atom stereocenters. The molecule has 0 radical (unpaired) electrons. The van der Waals surface area contributed by atoms with Crippen LogP contribution in [0, 0.1) is 13.8 Å². The highest BCUT2D eigenvalue weighted by Gasteiger charge is 2.20. The smallest absolute Gasteiger partial charge is 0.222 e. The average molecular weight is 341 g/mol. The van der Waals surface area contributed by atoms with E-state index in [1.54, 1.807) is 0 Å². The predicted molar refractivity (Wildman–Crippen MR) is 101 cm³/mol. The topological polar surface area (TPSA) is 82.8 Å². The van der Waals surface area contributed by atoms with Crippen LogP contribution in [0.2, 0.25) is 0 Å². The third-order valence-corrected chi connectivity index (χ3v) is 4.68. The van der Waals surface area contributed by atoms with Crippen molar-refractivity contribution in [3.8, 4) is 0 Å². The molecule has 2 aliphatic heterocycles. The summed E-state index contributed by atoms with van der Waals surface area (Å²) >= 11 is 0. The van der Waals surface area contributed by atoms with Gasteiger partial charge in [0.1, 0.15) is 6.17 Å². The third kappa shape index (κ3) is 4.39. The summed E-state index contributed by atoms with van der Waals surface area (Å²) in [5, 5.41) is 6.59. The lowest BCUT2D eigenvalue weighted by atomic mass is 10.0. The van der Waals surface area contributed by atoms with Crippen LogP contribution in [-0.2, 0) is 4.79 Å². The summed E-state index contributed by atoms with van der Waals surface area (Å²) in [4.78, 5) is 18.0. The van der Waals surface area contributed by atoms with Gasteiger partial charge >= 0.3 is 0 Å². The van der Waals surface area contributed by atoms with Gasteiger partial charge in [0.2, 0.25) is 5.91 Å². The molecule has 0 saturated carbocycles. The maximum Gasteiger partial charge on any atom is 0.222 e. The van der Waals surface area contributed by atoms with Crippen LogP contribution in [0.3, 0.4) is 0 Å². The fourth-order valence-corrected chi connectivity index (χ4v) is 3.30. The monoisotopic (exact) mass is 341 g/mol. The number of nitrogens with one attached hydrogen (secondary N) is 2. The molecule has 2 heterocycles. The third-order valence-electron chi connectivity index (χ3n) is 4.68. The second kappa shape index (κ2) is 7.70. The largest absolute Gasteiger partial charge is 0.370 e. The number of hydrogen-bond acceptors (Lipinski definition) is 5. The molecule has 1 amide bonds. The molecule has 25 heavy (non-hydrogen) atoms. The van der Waals surface area contributed by atoms with Crippen molar-refractivity contribution in [2.45, 2.75) is 39.3 Å². The van der Waals surface area contributed by atoms with E-state index in [9.17, 15) is 4.79 Å². The van der Waals surface area contributed by atoms with E-state index in [-0.39, 0.29) is 12.1 Å². The zero-order chi connectivity index (χ0) is 17.8. The highest BCUT2D eigenvalue weighted by atomic mass is 16.2. The summed E-state index contributed by atoms with van der Waals surface area (Å²) in [7, 11) is 0. The van der Waals surface area contributed by atoms with Crippen LogP contribution in [0.1, 0.15) is 36.0 Å². The molecule has 6 heteroatoms. The van der Waals surface area contributed by atoms with Crippen molar-refractivity contribution in [1.29, 1.82) is 0 Å². The average Bonchev–Trinajstić information content (AvgIpc) is 2.98. The molecule has 0 aromatic heterocycles. The fourth-order valence-electron chi connectivity index (χ4n) is 3.30. The molecular formula is C19H27N5O. The first-order valence-corrected chi connectivity index (χ1v) is 8.94. The number of guanidine groups is 1. The molecule has 3 rings (SSSR count). The Bertz CT molecular complexity index is 710. The van der Waals surface area contributed by atoms with E-state index in [1.165, 1.54) is 11.1 Å². The first-order chi connectivity index (χ1) is 12.0. The molecular weight excluding hydrogens is 314 g/mol. The number of carbonyl (C=O) groups excluding carboxylic acids is 1. The Hall–Kier alpha value is -2.34. The Balaban J connectivity index is 1.59. The zero-order valence-electron chi connectivity index (χ0n) is 15.0. The number of rotatable bonds is 6. The first-order valence-electron chi connectivity index (χ1n) is 8.94. The minimum atomic E-state index is -0.0540. The van der Waals surface area contributed by atoms with Crippen molar-refractivity contribution in [3.63, 3.8) is 0 Å². The highest BCUT2D eigenvalue weighted by molar-refractivity contribution is 5.88. The lowest BCUT2D eigenvalue weighted by Gasteiger charge is -2.24. The molecule has 2 aliphatic rings. The number of likely N-dealkylation sites (tertiary alicyclic amines) is 1. The summed E-state index contributed by atoms with van der Waals surface area (Å²) in [5.74, 6) is 0.704. The van der Waals surface area contributed by atoms with Crippen LogP contribution in [0.5, 0.6) is 0 Å². The highest BCUT2D eigenvalue weighted by Crippen LogP contribution is 2.23. The molecule has 1 aromatic rings. The number of nitrogens with two attached hydrogens (primary N) is 1. The minimum absolute atomic E-state index is 0.0540. The molecule has 0 aliphatic carbocycles. The lowest BCUT2D eigenvalue weighted by Crippen LogP contribution is -2.49. The van der Waals surface area contributed by atoms with Crippen molar-refractivity contribution >= 4 is 17.6 Å². The summed E-state index contributed by atoms with van der Waals surface area (Å²) in [5.41, 5.74) is 10.4. The van der Waals surface area contributed by atoms with E-state index in [2.05, 4.69) is 53.7 Å². The molecule has 1 saturated heterocycles. The number of hydrogen-bond donors (Lipinski definition) is 3. The van der Waals surface area contributed by atoms with Crippen LogP contribution >= 0.6 is 0 Å². The van der Waals surface area contributed by atoms with Gasteiger partial charge in [-0.25, -0.2) is 4.99 Å². The number of nitrogens with zero attached hydrogens (tertiary/aromatic N) is 2. The number of benzene rings is 1. The Morgan fingerprint density at radius 1 is 1.40 bits per heavy atom. The standard InChI is InChI=1S/C19H27N5O/c1-13-6-7-14(2)15(11-13)16-12-17(23-19(20)22-16)21-8-4-10-24-9-3-5-18(24)25/h6-7,11-12,17,21H,3-5,8-10H2,1-2H3,(H3,20,22,23). The molecule has 4 N–H and O–H groups in total. The molecule has 6 nitrogen and oxygen atoms in total. The van der Waals surface area contributed by atoms with Crippen LogP contribution < -0.4 is 16.4 Å². The van der Waals surface area contributed by atoms with Crippen molar-refractivity contribution < 1.29 is 4.79 Å². The first kappa shape index (κ1) is 17.5. The Morgan fingerprint density at radius 3 is 3.00 bits per heavy atom. The van der Waals surface area contributed by atoms with Crippen LogP contribution in [0.4, 0.5) is 0 Å². The Labute approximate surface area is 149 Å². The number of aryl methyl sites for hydroxylation is 2. The van der Waals surface area contributed by atoms with E-state index in [4.69, 9.17) is 5.73 Å². The summed E-state index contributed by atoms with van der Waals surface area (Å²) in [6.07, 6.45) is 4.63. The minimum Gasteiger partial charge on any atom is -0.370 e. The van der Waals surface area contributed by atoms with E-state index in [1.807, 2.05) is 4.90 Å². The number of amides is 1. The second-order valence-electron chi connectivity index (χ2n) is 6.78. The molecule has 1 aromatic carbocycles. The van der Waals surface area contributed by atoms with Crippen LogP contribution in [-0.4, -0.2) is 42.6 Å². The Kier molecular flexibility index (Phi) is 5.38. The van der Waals surface area contributed by atoms with Crippen molar-refractivity contribution in [2.75, 3.05) is 19.6 Å². The summed E-state index contributed by atoms with van der Waals surface area (Å²) < 4.78 is 0. The predicted octanol–water partition coefficient (Wildman–Crippen LogP) is 1.49. The van der Waals surface area contributed by atoms with Gasteiger partial charge in [-0.1, -0.05) is 17.7 Å². The van der Waals surface area contributed by atoms with Gasteiger partial charge in [-0.2, -0.15) is 0 Å². The van der Waals surface area contributed by atoms with Crippen molar-refractivity contribution in [2.24, 2.45) is 10.7 Å². The lowest BCUT2D eigenvalue weighted by molar-refractivity contribution is -0.127. The quantitative estimate of drug-likeness (QED) is 0.685. The molecule has 0 spiro atoms. The molecule has 1 fully saturated rings. The maximum absolute atomic E-state index is 11.6. The summed E-state index contributed by atoms with van der Waals surface area (Å²) in [6, 6.07) is 6.34. The fraction of sp³-hybridized carbons (Fsp3) is 0.474. The summed E-state index contributed by atoms with van der Waals surface area (Å²) in [6.45, 7) is 6.68. The van der Waals surface area contributed by atoms with Crippen molar-refractivity contribution in [3.05, 3.63) is 41.0 Å². The van der Waals surface area contributed by atoms with Crippen molar-refractivity contribution in [1.82, 2.24) is 15.5 Å². The van der Waals surface area contributed by atoms with Crippen LogP contribution in [0.25, 0.3) is 5.70 Å². The maximum atomic E-state index is 11.6. The number of aliphatic imine (C=N–C) groups is 1. The van der Waals surface area contributed by atoms with Gasteiger partial charge in [0.15, 0.2) is 5.96 Å².